The van der Waals surface area contributed by atoms with Crippen LogP contribution in [-0.2, 0) is 4.52 Å². The summed E-state index contributed by atoms with van der Waals surface area (Å²) in [5.41, 5.74) is 0. The molecule has 62 valence electrons. The second-order valence-electron chi connectivity index (χ2n) is 2.22. The normalized spacial score (nSPS) is 18.0. The molecule has 4 heteroatoms. The van der Waals surface area contributed by atoms with Crippen molar-refractivity contribution in [2.24, 2.45) is 0 Å². The summed E-state index contributed by atoms with van der Waals surface area (Å²) in [6, 6.07) is 0. The molecule has 0 rings (SSSR count). The quantitative estimate of drug-likeness (QED) is 0.379. The van der Waals surface area contributed by atoms with Gasteiger partial charge in [-0.05, 0) is 13.8 Å². The molecule has 3 unspecified atom stereocenters. The predicted molar refractivity (Wildman–Crippen MR) is 49.8 cm³/mol. The Hall–Kier alpha value is 0.970. The summed E-state index contributed by atoms with van der Waals surface area (Å²) in [5.74, 6) is 0. The molecule has 10 heavy (non-hydrogen) atoms. The van der Waals surface area contributed by atoms with Crippen LogP contribution in [0, 0.1) is 0 Å². The van der Waals surface area contributed by atoms with E-state index in [2.05, 4.69) is 0 Å². The van der Waals surface area contributed by atoms with E-state index in [-0.39, 0.29) is 10.8 Å². The highest BCUT2D eigenvalue weighted by Gasteiger charge is 1.98. The van der Waals surface area contributed by atoms with Gasteiger partial charge in [0.2, 0.25) is 0 Å². The standard InChI is InChI=1S/C6H13Cl2OP/c1-5(7)3-9-10-4-6(2)8/h5-6,10H,3-4H2,1-2H3. The fourth-order valence-electron chi connectivity index (χ4n) is 0.348. The lowest BCUT2D eigenvalue weighted by Crippen LogP contribution is -2.01. The molecule has 0 aromatic carbocycles. The molecule has 0 spiro atoms. The van der Waals surface area contributed by atoms with Crippen LogP contribution >= 0.6 is 32.0 Å². The van der Waals surface area contributed by atoms with Gasteiger partial charge in [0.1, 0.15) is 0 Å². The molecule has 3 atom stereocenters. The first-order valence-corrected chi connectivity index (χ1v) is 5.24. The summed E-state index contributed by atoms with van der Waals surface area (Å²) in [7, 11) is 0.489. The minimum absolute atomic E-state index is 0.109. The SMILES string of the molecule is CC(Cl)COPCC(C)Cl. The Morgan fingerprint density at radius 2 is 1.90 bits per heavy atom. The van der Waals surface area contributed by atoms with E-state index in [9.17, 15) is 0 Å². The molecule has 1 nitrogen and oxygen atoms in total. The Morgan fingerprint density at radius 3 is 2.30 bits per heavy atom. The summed E-state index contributed by atoms with van der Waals surface area (Å²) in [5, 5.41) is 0.321. The maximum Gasteiger partial charge on any atom is 0.0666 e. The van der Waals surface area contributed by atoms with Crippen LogP contribution in [-0.4, -0.2) is 23.5 Å². The van der Waals surface area contributed by atoms with Crippen molar-refractivity contribution in [3.05, 3.63) is 0 Å². The van der Waals surface area contributed by atoms with Crippen molar-refractivity contribution in [2.45, 2.75) is 24.6 Å². The van der Waals surface area contributed by atoms with E-state index in [4.69, 9.17) is 27.7 Å². The average Bonchev–Trinajstić information content (AvgIpc) is 1.79. The minimum Gasteiger partial charge on any atom is -0.361 e. The van der Waals surface area contributed by atoms with Gasteiger partial charge in [0, 0.05) is 20.3 Å². The Balaban J connectivity index is 2.91. The number of hydrogen-bond donors (Lipinski definition) is 0. The van der Waals surface area contributed by atoms with Crippen LogP contribution in [0.1, 0.15) is 13.8 Å². The van der Waals surface area contributed by atoms with E-state index in [0.29, 0.717) is 15.4 Å². The number of rotatable bonds is 5. The van der Waals surface area contributed by atoms with Crippen molar-refractivity contribution in [1.29, 1.82) is 0 Å². The van der Waals surface area contributed by atoms with Crippen LogP contribution in [0.2, 0.25) is 0 Å². The third kappa shape index (κ3) is 8.97. The van der Waals surface area contributed by atoms with Gasteiger partial charge in [-0.2, -0.15) is 0 Å². The minimum atomic E-state index is 0.109. The molecular formula is C6H13Cl2OP. The number of alkyl halides is 2. The van der Waals surface area contributed by atoms with Gasteiger partial charge in [0.15, 0.2) is 0 Å². The van der Waals surface area contributed by atoms with E-state index < -0.39 is 0 Å². The fourth-order valence-corrected chi connectivity index (χ4v) is 1.42. The lowest BCUT2D eigenvalue weighted by molar-refractivity contribution is 0.365. The highest BCUT2D eigenvalue weighted by atomic mass is 35.5. The zero-order valence-electron chi connectivity index (χ0n) is 6.23. The van der Waals surface area contributed by atoms with Crippen molar-refractivity contribution in [3.63, 3.8) is 0 Å². The molecule has 0 saturated carbocycles. The fraction of sp³-hybridized carbons (Fsp3) is 1.00. The molecule has 0 aliphatic heterocycles. The van der Waals surface area contributed by atoms with E-state index in [1.54, 1.807) is 0 Å². The summed E-state index contributed by atoms with van der Waals surface area (Å²) in [6.45, 7) is 4.50. The molecule has 0 heterocycles. The van der Waals surface area contributed by atoms with Crippen molar-refractivity contribution >= 4 is 32.0 Å². The van der Waals surface area contributed by atoms with Crippen molar-refractivity contribution in [1.82, 2.24) is 0 Å². The molecule has 0 amide bonds. The largest absolute Gasteiger partial charge is 0.361 e. The zero-order chi connectivity index (χ0) is 7.98. The third-order valence-electron chi connectivity index (χ3n) is 0.780. The van der Waals surface area contributed by atoms with Gasteiger partial charge in [0.25, 0.3) is 0 Å². The van der Waals surface area contributed by atoms with Crippen LogP contribution < -0.4 is 0 Å². The van der Waals surface area contributed by atoms with Gasteiger partial charge in [-0.1, -0.05) is 0 Å². The van der Waals surface area contributed by atoms with E-state index in [1.165, 1.54) is 0 Å². The van der Waals surface area contributed by atoms with Crippen LogP contribution in [0.15, 0.2) is 0 Å². The van der Waals surface area contributed by atoms with Gasteiger partial charge in [-0.25, -0.2) is 0 Å². The summed E-state index contributed by atoms with van der Waals surface area (Å²) in [4.78, 5) is 0. The van der Waals surface area contributed by atoms with Crippen LogP contribution in [0.5, 0.6) is 0 Å². The molecule has 0 saturated heterocycles. The average molecular weight is 203 g/mol. The molecule has 0 radical (unpaired) electrons. The second-order valence-corrected chi connectivity index (χ2v) is 4.70. The van der Waals surface area contributed by atoms with Gasteiger partial charge >= 0.3 is 0 Å². The Labute approximate surface area is 74.3 Å². The molecule has 0 aliphatic rings. The topological polar surface area (TPSA) is 9.23 Å². The molecule has 0 aliphatic carbocycles. The third-order valence-corrected chi connectivity index (χ3v) is 2.47. The molecule has 0 aromatic rings. The highest BCUT2D eigenvalue weighted by molar-refractivity contribution is 7.32. The highest BCUT2D eigenvalue weighted by Crippen LogP contribution is 2.16. The zero-order valence-corrected chi connectivity index (χ0v) is 8.74. The van der Waals surface area contributed by atoms with Crippen LogP contribution in [0.25, 0.3) is 0 Å². The maximum atomic E-state index is 5.69. The van der Waals surface area contributed by atoms with Crippen molar-refractivity contribution < 1.29 is 4.52 Å². The van der Waals surface area contributed by atoms with Crippen molar-refractivity contribution in [3.8, 4) is 0 Å². The van der Waals surface area contributed by atoms with Gasteiger partial charge < -0.3 is 4.52 Å². The molecule has 0 fully saturated rings. The first-order chi connectivity index (χ1) is 4.63. The smallest absolute Gasteiger partial charge is 0.0666 e. The summed E-state index contributed by atoms with van der Waals surface area (Å²) < 4.78 is 5.22. The van der Waals surface area contributed by atoms with E-state index in [0.717, 1.165) is 6.16 Å². The Kier molecular flexibility index (Phi) is 7.31. The molecule has 0 N–H and O–H groups in total. The predicted octanol–water partition coefficient (Wildman–Crippen LogP) is 2.85. The molecular weight excluding hydrogens is 190 g/mol. The summed E-state index contributed by atoms with van der Waals surface area (Å²) in [6.07, 6.45) is 0.922. The number of halogens is 2. The monoisotopic (exact) mass is 202 g/mol. The van der Waals surface area contributed by atoms with E-state index in [1.807, 2.05) is 13.8 Å². The van der Waals surface area contributed by atoms with E-state index >= 15 is 0 Å². The lowest BCUT2D eigenvalue weighted by atomic mass is 10.5. The lowest BCUT2D eigenvalue weighted by Gasteiger charge is -2.05. The maximum absolute atomic E-state index is 5.69. The van der Waals surface area contributed by atoms with Gasteiger partial charge in [-0.15, -0.1) is 23.2 Å². The Bertz CT molecular complexity index is 68.1. The molecule has 0 bridgehead atoms. The first kappa shape index (κ1) is 11.0. The Morgan fingerprint density at radius 1 is 1.30 bits per heavy atom. The van der Waals surface area contributed by atoms with Crippen molar-refractivity contribution in [2.75, 3.05) is 12.8 Å². The van der Waals surface area contributed by atoms with Gasteiger partial charge in [0.05, 0.1) is 12.0 Å². The van der Waals surface area contributed by atoms with Crippen LogP contribution in [0.3, 0.4) is 0 Å². The first-order valence-electron chi connectivity index (χ1n) is 3.25. The number of hydrogen-bond acceptors (Lipinski definition) is 1. The summed E-state index contributed by atoms with van der Waals surface area (Å²) >= 11 is 11.3. The van der Waals surface area contributed by atoms with Crippen LogP contribution in [0.4, 0.5) is 0 Å². The van der Waals surface area contributed by atoms with Gasteiger partial charge in [-0.3, -0.25) is 0 Å². The molecule has 0 aromatic heterocycles. The second kappa shape index (κ2) is 6.67.